The molecule has 0 aromatic rings. The molecular weight excluding hydrogens is 1140 g/mol. The Balaban J connectivity index is 5.27. The highest BCUT2D eigenvalue weighted by atomic mass is 31.2. The van der Waals surface area contributed by atoms with Crippen molar-refractivity contribution >= 4 is 39.5 Å². The molecule has 3 N–H and O–H groups in total. The van der Waals surface area contributed by atoms with Gasteiger partial charge in [-0.3, -0.25) is 37.3 Å². The molecule has 0 bridgehead atoms. The third kappa shape index (κ3) is 59.2. The average Bonchev–Trinajstić information content (AvgIpc) is 3.66. The lowest BCUT2D eigenvalue weighted by Gasteiger charge is -2.21. The Kier molecular flexibility index (Phi) is 56.0. The summed E-state index contributed by atoms with van der Waals surface area (Å²) in [5.41, 5.74) is 0. The van der Waals surface area contributed by atoms with Crippen molar-refractivity contribution in [1.29, 1.82) is 0 Å². The van der Waals surface area contributed by atoms with Gasteiger partial charge in [0, 0.05) is 25.7 Å². The smallest absolute Gasteiger partial charge is 0.462 e. The summed E-state index contributed by atoms with van der Waals surface area (Å²) < 4.78 is 68.0. The summed E-state index contributed by atoms with van der Waals surface area (Å²) in [5, 5.41) is 10.5. The highest BCUT2D eigenvalue weighted by Gasteiger charge is 2.30. The van der Waals surface area contributed by atoms with Gasteiger partial charge in [-0.15, -0.1) is 0 Å². The number of rotatable bonds is 63. The van der Waals surface area contributed by atoms with E-state index in [0.29, 0.717) is 37.5 Å². The summed E-state index contributed by atoms with van der Waals surface area (Å²) in [7, 11) is -9.91. The minimum Gasteiger partial charge on any atom is -0.462 e. The van der Waals surface area contributed by atoms with Crippen LogP contribution >= 0.6 is 15.6 Å². The predicted molar refractivity (Wildman–Crippen MR) is 344 cm³/mol. The molecule has 0 aliphatic heterocycles. The Morgan fingerprint density at radius 2 is 0.686 bits per heavy atom. The zero-order chi connectivity index (χ0) is 63.8. The Morgan fingerprint density at radius 1 is 0.384 bits per heavy atom. The molecule has 0 amide bonds. The monoisotopic (exact) mass is 1260 g/mol. The van der Waals surface area contributed by atoms with Crippen LogP contribution in [-0.2, 0) is 65.4 Å². The van der Waals surface area contributed by atoms with Gasteiger partial charge in [0.2, 0.25) is 0 Å². The van der Waals surface area contributed by atoms with Crippen molar-refractivity contribution in [3.05, 3.63) is 24.3 Å². The number of hydrogen-bond acceptors (Lipinski definition) is 15. The van der Waals surface area contributed by atoms with E-state index in [9.17, 15) is 43.2 Å². The number of ether oxygens (including phenoxy) is 4. The van der Waals surface area contributed by atoms with E-state index in [4.69, 9.17) is 37.0 Å². The van der Waals surface area contributed by atoms with Gasteiger partial charge in [-0.1, -0.05) is 253 Å². The first-order valence-corrected chi connectivity index (χ1v) is 37.2. The summed E-state index contributed by atoms with van der Waals surface area (Å²) in [6.07, 6.45) is 42.7. The SMILES string of the molecule is CCCCCC/C=C\C=C/CCCCCCCC(=O)OC[C@H](COP(=O)(O)OCC(O)COP(=O)(O)OC[C@@H](COC(=O)CCCCCCCCCC(C)C)OC(=O)CCCCCCCCC(C)CC)OC(=O)CCCCCCCCCCC(C)C. The third-order valence-electron chi connectivity index (χ3n) is 15.1. The molecule has 0 heterocycles. The number of esters is 4. The van der Waals surface area contributed by atoms with Crippen molar-refractivity contribution < 1.29 is 80.2 Å². The van der Waals surface area contributed by atoms with Crippen LogP contribution in [0.5, 0.6) is 0 Å². The fourth-order valence-electron chi connectivity index (χ4n) is 9.44. The molecule has 0 spiro atoms. The average molecular weight is 1270 g/mol. The minimum absolute atomic E-state index is 0.0969. The van der Waals surface area contributed by atoms with Crippen molar-refractivity contribution in [2.45, 2.75) is 324 Å². The van der Waals surface area contributed by atoms with Gasteiger partial charge in [0.15, 0.2) is 12.2 Å². The third-order valence-corrected chi connectivity index (χ3v) is 17.0. The molecule has 17 nitrogen and oxygen atoms in total. The molecule has 0 aliphatic carbocycles. The number of aliphatic hydroxyl groups is 1. The second-order valence-corrected chi connectivity index (χ2v) is 27.6. The van der Waals surface area contributed by atoms with E-state index in [-0.39, 0.29) is 25.7 Å². The highest BCUT2D eigenvalue weighted by molar-refractivity contribution is 7.47. The van der Waals surface area contributed by atoms with Gasteiger partial charge < -0.3 is 33.8 Å². The van der Waals surface area contributed by atoms with Crippen LogP contribution in [0.2, 0.25) is 0 Å². The van der Waals surface area contributed by atoms with Gasteiger partial charge >= 0.3 is 39.5 Å². The van der Waals surface area contributed by atoms with Crippen LogP contribution in [0.3, 0.4) is 0 Å². The molecule has 0 radical (unpaired) electrons. The maximum Gasteiger partial charge on any atom is 0.472 e. The number of unbranched alkanes of at least 4 members (excludes halogenated alkanes) is 27. The number of hydrogen-bond donors (Lipinski definition) is 3. The number of phosphoric ester groups is 2. The zero-order valence-corrected chi connectivity index (χ0v) is 57.0. The van der Waals surface area contributed by atoms with Crippen molar-refractivity contribution in [3.63, 3.8) is 0 Å². The molecule has 0 rings (SSSR count). The highest BCUT2D eigenvalue weighted by Crippen LogP contribution is 2.45. The Labute approximate surface area is 522 Å². The van der Waals surface area contributed by atoms with Crippen LogP contribution in [0.1, 0.15) is 305 Å². The topological polar surface area (TPSA) is 237 Å². The minimum atomic E-state index is -4.96. The van der Waals surface area contributed by atoms with E-state index >= 15 is 0 Å². The van der Waals surface area contributed by atoms with Crippen molar-refractivity contribution in [1.82, 2.24) is 0 Å². The molecule has 0 aromatic carbocycles. The number of carbonyl (C=O) groups excluding carboxylic acids is 4. The van der Waals surface area contributed by atoms with E-state index in [1.54, 1.807) is 0 Å². The first-order chi connectivity index (χ1) is 41.3. The molecule has 0 aromatic heterocycles. The molecule has 19 heteroatoms. The second kappa shape index (κ2) is 57.7. The van der Waals surface area contributed by atoms with E-state index in [2.05, 4.69) is 72.8 Å². The van der Waals surface area contributed by atoms with Crippen LogP contribution in [0, 0.1) is 17.8 Å². The van der Waals surface area contributed by atoms with E-state index in [1.807, 2.05) is 0 Å². The zero-order valence-electron chi connectivity index (χ0n) is 55.3. The maximum absolute atomic E-state index is 13.0. The standard InChI is InChI=1S/C67H126O17P2/c1-8-10-11-12-13-14-15-16-17-18-19-20-26-34-41-48-64(69)77-54-62(83-66(71)50-43-36-27-22-21-24-31-38-45-58(3)4)56-81-85(73,74)79-52-61(68)53-80-86(75,76)82-57-63(84-67(72)51-44-37-30-29-33-40-47-60(7)9-2)55-78-65(70)49-42-35-28-23-25-32-39-46-59(5)6/h14-17,58-63,68H,8-13,18-57H2,1-7H3,(H,73,74)(H,75,76)/b15-14-,17-16-/t60?,61?,62-,63-/m1/s1. The van der Waals surface area contributed by atoms with E-state index < -0.39 is 97.5 Å². The normalized spacial score (nSPS) is 14.8. The molecule has 0 fully saturated rings. The number of allylic oxidation sites excluding steroid dienone is 4. The lowest BCUT2D eigenvalue weighted by Crippen LogP contribution is -2.30. The van der Waals surface area contributed by atoms with Crippen LogP contribution in [0.15, 0.2) is 24.3 Å². The molecule has 0 saturated heterocycles. The molecule has 0 aliphatic rings. The molecular formula is C67H126O17P2. The fourth-order valence-corrected chi connectivity index (χ4v) is 11.0. The first-order valence-electron chi connectivity index (χ1n) is 34.2. The van der Waals surface area contributed by atoms with Gasteiger partial charge in [-0.05, 0) is 69.1 Å². The molecule has 506 valence electrons. The summed E-state index contributed by atoms with van der Waals surface area (Å²) in [5.74, 6) is -0.0301. The molecule has 86 heavy (non-hydrogen) atoms. The summed E-state index contributed by atoms with van der Waals surface area (Å²) >= 11 is 0. The van der Waals surface area contributed by atoms with Crippen LogP contribution in [0.4, 0.5) is 0 Å². The number of carbonyl (C=O) groups is 4. The van der Waals surface area contributed by atoms with Crippen LogP contribution in [-0.4, -0.2) is 96.7 Å². The molecule has 6 atom stereocenters. The maximum atomic E-state index is 13.0. The van der Waals surface area contributed by atoms with Crippen LogP contribution in [0.25, 0.3) is 0 Å². The van der Waals surface area contributed by atoms with Crippen molar-refractivity contribution in [2.24, 2.45) is 17.8 Å². The Morgan fingerprint density at radius 3 is 1.03 bits per heavy atom. The summed E-state index contributed by atoms with van der Waals surface area (Å²) in [6, 6.07) is 0. The van der Waals surface area contributed by atoms with Gasteiger partial charge in [0.1, 0.15) is 19.3 Å². The van der Waals surface area contributed by atoms with Crippen molar-refractivity contribution in [3.8, 4) is 0 Å². The summed E-state index contributed by atoms with van der Waals surface area (Å²) in [4.78, 5) is 72.3. The predicted octanol–water partition coefficient (Wildman–Crippen LogP) is 18.2. The first kappa shape index (κ1) is 83.5. The lowest BCUT2D eigenvalue weighted by atomic mass is 10.00. The van der Waals surface area contributed by atoms with Gasteiger partial charge in [0.25, 0.3) is 0 Å². The Hall–Kier alpha value is -2.46. The van der Waals surface area contributed by atoms with E-state index in [0.717, 1.165) is 121 Å². The van der Waals surface area contributed by atoms with Crippen molar-refractivity contribution in [2.75, 3.05) is 39.6 Å². The molecule has 0 saturated carbocycles. The van der Waals surface area contributed by atoms with E-state index in [1.165, 1.54) is 89.9 Å². The quantitative estimate of drug-likeness (QED) is 0.0169. The van der Waals surface area contributed by atoms with Gasteiger partial charge in [-0.2, -0.15) is 0 Å². The number of aliphatic hydroxyl groups excluding tert-OH is 1. The van der Waals surface area contributed by atoms with Gasteiger partial charge in [0.05, 0.1) is 26.4 Å². The lowest BCUT2D eigenvalue weighted by molar-refractivity contribution is -0.161. The van der Waals surface area contributed by atoms with Crippen LogP contribution < -0.4 is 0 Å². The molecule has 4 unspecified atom stereocenters. The number of phosphoric acid groups is 2. The second-order valence-electron chi connectivity index (χ2n) is 24.7. The summed E-state index contributed by atoms with van der Waals surface area (Å²) in [6.45, 7) is 11.6. The van der Waals surface area contributed by atoms with Gasteiger partial charge in [-0.25, -0.2) is 9.13 Å². The largest absolute Gasteiger partial charge is 0.472 e. The Bertz CT molecular complexity index is 1790. The fraction of sp³-hybridized carbons (Fsp3) is 0.881.